The Morgan fingerprint density at radius 3 is 2.72 bits per heavy atom. The molecule has 0 unspecified atom stereocenters. The molecule has 0 saturated carbocycles. The Balaban J connectivity index is 2.02. The predicted octanol–water partition coefficient (Wildman–Crippen LogP) is 4.09. The van der Waals surface area contributed by atoms with Crippen molar-refractivity contribution in [1.82, 2.24) is 5.32 Å². The third-order valence-corrected chi connectivity index (χ3v) is 3.20. The number of nitrogens with one attached hydrogen (secondary N) is 1. The van der Waals surface area contributed by atoms with Gasteiger partial charge in [0.15, 0.2) is 0 Å². The zero-order valence-corrected chi connectivity index (χ0v) is 10.6. The van der Waals surface area contributed by atoms with Crippen molar-refractivity contribution in [1.29, 1.82) is 0 Å². The number of benzene rings is 2. The van der Waals surface area contributed by atoms with Crippen LogP contribution in [0.2, 0.25) is 0 Å². The summed E-state index contributed by atoms with van der Waals surface area (Å²) >= 11 is 0. The van der Waals surface area contributed by atoms with Crippen LogP contribution in [-0.2, 0) is 6.54 Å². The van der Waals surface area contributed by atoms with E-state index in [9.17, 15) is 0 Å². The van der Waals surface area contributed by atoms with Gasteiger partial charge in [-0.15, -0.1) is 0 Å². The minimum Gasteiger partial charge on any atom is -0.456 e. The van der Waals surface area contributed by atoms with Crippen LogP contribution in [0.5, 0.6) is 0 Å². The molecule has 0 atom stereocenters. The molecule has 1 aromatic heterocycles. The molecule has 0 radical (unpaired) electrons. The van der Waals surface area contributed by atoms with E-state index < -0.39 is 0 Å². The number of rotatable bonds is 4. The summed E-state index contributed by atoms with van der Waals surface area (Å²) < 4.78 is 5.81. The van der Waals surface area contributed by atoms with Gasteiger partial charge in [-0.25, -0.2) is 0 Å². The summed E-state index contributed by atoms with van der Waals surface area (Å²) in [5, 5.41) is 5.83. The number of hydrogen-bond donors (Lipinski definition) is 1. The van der Waals surface area contributed by atoms with Crippen LogP contribution in [0.4, 0.5) is 0 Å². The quantitative estimate of drug-likeness (QED) is 0.694. The molecular weight excluding hydrogens is 222 g/mol. The number of furan rings is 1. The van der Waals surface area contributed by atoms with Crippen LogP contribution in [0, 0.1) is 0 Å². The van der Waals surface area contributed by atoms with E-state index in [4.69, 9.17) is 4.42 Å². The summed E-state index contributed by atoms with van der Waals surface area (Å²) in [7, 11) is 0. The highest BCUT2D eigenvalue weighted by Crippen LogP contribution is 2.28. The van der Waals surface area contributed by atoms with Gasteiger partial charge in [-0.05, 0) is 36.7 Å². The molecule has 1 N–H and O–H groups in total. The second kappa shape index (κ2) is 4.83. The normalized spacial score (nSPS) is 11.4. The molecule has 0 bridgehead atoms. The molecule has 0 saturated heterocycles. The van der Waals surface area contributed by atoms with Gasteiger partial charge in [0.2, 0.25) is 0 Å². The van der Waals surface area contributed by atoms with Gasteiger partial charge in [0, 0.05) is 17.3 Å². The first-order valence-corrected chi connectivity index (χ1v) is 6.49. The van der Waals surface area contributed by atoms with Gasteiger partial charge >= 0.3 is 0 Å². The summed E-state index contributed by atoms with van der Waals surface area (Å²) in [5.74, 6) is 0. The minimum atomic E-state index is 0.920. The van der Waals surface area contributed by atoms with Crippen LogP contribution in [0.25, 0.3) is 21.9 Å². The molecule has 3 rings (SSSR count). The van der Waals surface area contributed by atoms with Crippen LogP contribution in [-0.4, -0.2) is 6.54 Å². The zero-order valence-electron chi connectivity index (χ0n) is 10.6. The van der Waals surface area contributed by atoms with Crippen LogP contribution in [0.3, 0.4) is 0 Å². The van der Waals surface area contributed by atoms with E-state index in [1.54, 1.807) is 0 Å². The van der Waals surface area contributed by atoms with E-state index >= 15 is 0 Å². The SMILES string of the molecule is CCCNCc1ccc2oc3ccccc3c2c1. The third kappa shape index (κ3) is 2.00. The Kier molecular flexibility index (Phi) is 3.03. The number of hydrogen-bond acceptors (Lipinski definition) is 2. The van der Waals surface area contributed by atoms with E-state index in [0.29, 0.717) is 0 Å². The smallest absolute Gasteiger partial charge is 0.135 e. The van der Waals surface area contributed by atoms with Crippen LogP contribution >= 0.6 is 0 Å². The van der Waals surface area contributed by atoms with Gasteiger partial charge < -0.3 is 9.73 Å². The fourth-order valence-corrected chi connectivity index (χ4v) is 2.29. The van der Waals surface area contributed by atoms with Gasteiger partial charge in [-0.2, -0.15) is 0 Å². The third-order valence-electron chi connectivity index (χ3n) is 3.20. The van der Waals surface area contributed by atoms with Gasteiger partial charge in [0.1, 0.15) is 11.2 Å². The zero-order chi connectivity index (χ0) is 12.4. The molecule has 0 aliphatic carbocycles. The van der Waals surface area contributed by atoms with E-state index in [0.717, 1.165) is 30.7 Å². The average molecular weight is 239 g/mol. The monoisotopic (exact) mass is 239 g/mol. The van der Waals surface area contributed by atoms with Gasteiger partial charge in [-0.1, -0.05) is 31.2 Å². The average Bonchev–Trinajstić information content (AvgIpc) is 2.77. The van der Waals surface area contributed by atoms with E-state index in [-0.39, 0.29) is 0 Å². The van der Waals surface area contributed by atoms with Crippen LogP contribution in [0.1, 0.15) is 18.9 Å². The summed E-state index contributed by atoms with van der Waals surface area (Å²) in [6, 6.07) is 14.6. The molecule has 2 nitrogen and oxygen atoms in total. The first-order chi connectivity index (χ1) is 8.88. The molecule has 0 amide bonds. The van der Waals surface area contributed by atoms with Gasteiger partial charge in [-0.3, -0.25) is 0 Å². The molecule has 0 fully saturated rings. The van der Waals surface area contributed by atoms with Crippen LogP contribution in [0.15, 0.2) is 46.9 Å². The molecule has 0 aliphatic rings. The second-order valence-electron chi connectivity index (χ2n) is 4.61. The molecular formula is C16H17NO. The van der Waals surface area contributed by atoms with Crippen molar-refractivity contribution in [2.75, 3.05) is 6.54 Å². The highest BCUT2D eigenvalue weighted by Gasteiger charge is 2.06. The lowest BCUT2D eigenvalue weighted by Crippen LogP contribution is -2.13. The van der Waals surface area contributed by atoms with Gasteiger partial charge in [0.05, 0.1) is 0 Å². The van der Waals surface area contributed by atoms with Crippen molar-refractivity contribution in [3.63, 3.8) is 0 Å². The Morgan fingerprint density at radius 1 is 1.00 bits per heavy atom. The van der Waals surface area contributed by atoms with Crippen molar-refractivity contribution >= 4 is 21.9 Å². The second-order valence-corrected chi connectivity index (χ2v) is 4.61. The maximum Gasteiger partial charge on any atom is 0.135 e. The van der Waals surface area contributed by atoms with Crippen molar-refractivity contribution < 1.29 is 4.42 Å². The molecule has 2 aromatic carbocycles. The Hall–Kier alpha value is -1.80. The highest BCUT2D eigenvalue weighted by molar-refractivity contribution is 6.04. The number of para-hydroxylation sites is 1. The summed E-state index contributed by atoms with van der Waals surface area (Å²) in [4.78, 5) is 0. The lowest BCUT2D eigenvalue weighted by Gasteiger charge is -2.02. The van der Waals surface area contributed by atoms with Crippen molar-refractivity contribution in [3.8, 4) is 0 Å². The molecule has 0 spiro atoms. The first-order valence-electron chi connectivity index (χ1n) is 6.49. The molecule has 18 heavy (non-hydrogen) atoms. The molecule has 2 heteroatoms. The Bertz CT molecular complexity index is 669. The Labute approximate surface area is 107 Å². The van der Waals surface area contributed by atoms with Crippen molar-refractivity contribution in [2.24, 2.45) is 0 Å². The van der Waals surface area contributed by atoms with Crippen molar-refractivity contribution in [2.45, 2.75) is 19.9 Å². The fourth-order valence-electron chi connectivity index (χ4n) is 2.29. The lowest BCUT2D eigenvalue weighted by molar-refractivity contribution is 0.665. The first kappa shape index (κ1) is 11.3. The van der Waals surface area contributed by atoms with Crippen molar-refractivity contribution in [3.05, 3.63) is 48.0 Å². The Morgan fingerprint density at radius 2 is 1.83 bits per heavy atom. The molecule has 3 aromatic rings. The lowest BCUT2D eigenvalue weighted by atomic mass is 10.1. The standard InChI is InChI=1S/C16H17NO/c1-2-9-17-11-12-7-8-16-14(10-12)13-5-3-4-6-15(13)18-16/h3-8,10,17H,2,9,11H2,1H3. The van der Waals surface area contributed by atoms with Gasteiger partial charge in [0.25, 0.3) is 0 Å². The summed E-state index contributed by atoms with van der Waals surface area (Å²) in [5.41, 5.74) is 3.24. The summed E-state index contributed by atoms with van der Waals surface area (Å²) in [6.45, 7) is 4.16. The largest absolute Gasteiger partial charge is 0.456 e. The minimum absolute atomic E-state index is 0.920. The fraction of sp³-hybridized carbons (Fsp3) is 0.250. The van der Waals surface area contributed by atoms with E-state index in [2.05, 4.69) is 42.6 Å². The predicted molar refractivity (Wildman–Crippen MR) is 75.7 cm³/mol. The topological polar surface area (TPSA) is 25.2 Å². The molecule has 92 valence electrons. The van der Waals surface area contributed by atoms with E-state index in [1.807, 2.05) is 12.1 Å². The van der Waals surface area contributed by atoms with E-state index in [1.165, 1.54) is 16.3 Å². The highest BCUT2D eigenvalue weighted by atomic mass is 16.3. The maximum absolute atomic E-state index is 5.81. The maximum atomic E-state index is 5.81. The molecule has 0 aliphatic heterocycles. The molecule has 1 heterocycles. The van der Waals surface area contributed by atoms with Crippen LogP contribution < -0.4 is 5.32 Å². The summed E-state index contributed by atoms with van der Waals surface area (Å²) in [6.07, 6.45) is 1.16. The number of fused-ring (bicyclic) bond motifs is 3.